The van der Waals surface area contributed by atoms with Gasteiger partial charge in [-0.1, -0.05) is 117 Å². The van der Waals surface area contributed by atoms with Gasteiger partial charge in [-0.05, 0) is 76.9 Å². The zero-order valence-corrected chi connectivity index (χ0v) is 26.9. The Bertz CT molecular complexity index is 2690. The summed E-state index contributed by atoms with van der Waals surface area (Å²) in [4.78, 5) is 6.23. The molecule has 0 bridgehead atoms. The number of nitrogens with zero attached hydrogens (tertiary/aromatic N) is 2. The lowest BCUT2D eigenvalue weighted by molar-refractivity contribution is 0.639. The van der Waals surface area contributed by atoms with Crippen LogP contribution in [0.3, 0.4) is 0 Å². The second-order valence-corrected chi connectivity index (χ2v) is 13.5. The van der Waals surface area contributed by atoms with Crippen LogP contribution in [0, 0.1) is 0 Å². The molecule has 7 aromatic carbocycles. The zero-order chi connectivity index (χ0) is 32.0. The highest BCUT2D eigenvalue weighted by atomic mass is 15.2. The zero-order valence-electron chi connectivity index (χ0n) is 26.9. The molecule has 2 aromatic heterocycles. The van der Waals surface area contributed by atoms with Crippen molar-refractivity contribution in [2.24, 2.45) is 0 Å². The molecule has 0 spiro atoms. The number of anilines is 3. The molecule has 0 unspecified atom stereocenters. The third-order valence-corrected chi connectivity index (χ3v) is 10.4. The Morgan fingerprint density at radius 1 is 0.500 bits per heavy atom. The number of hydrogen-bond acceptors (Lipinski definition) is 1. The maximum Gasteiger partial charge on any atom is 0.0602 e. The van der Waals surface area contributed by atoms with Gasteiger partial charge < -0.3 is 14.5 Å². The molecule has 0 saturated carbocycles. The number of aromatic nitrogens is 2. The second-order valence-electron chi connectivity index (χ2n) is 13.5. The van der Waals surface area contributed by atoms with Crippen LogP contribution in [0.15, 0.2) is 158 Å². The predicted molar refractivity (Wildman–Crippen MR) is 202 cm³/mol. The van der Waals surface area contributed by atoms with E-state index in [1.54, 1.807) is 0 Å². The Labute approximate surface area is 279 Å². The lowest BCUT2D eigenvalue weighted by atomic mass is 9.71. The van der Waals surface area contributed by atoms with E-state index in [0.29, 0.717) is 0 Å². The van der Waals surface area contributed by atoms with Crippen LogP contribution in [0.5, 0.6) is 0 Å². The lowest BCUT2D eigenvalue weighted by Crippen LogP contribution is -2.31. The summed E-state index contributed by atoms with van der Waals surface area (Å²) in [5.41, 5.74) is 14.4. The largest absolute Gasteiger partial charge is 0.354 e. The molecule has 3 nitrogen and oxygen atoms in total. The summed E-state index contributed by atoms with van der Waals surface area (Å²) in [5.74, 6) is 0. The fourth-order valence-electron chi connectivity index (χ4n) is 8.36. The number of aromatic amines is 1. The van der Waals surface area contributed by atoms with Gasteiger partial charge in [0, 0.05) is 49.4 Å². The number of fused-ring (bicyclic) bond motifs is 10. The Kier molecular flexibility index (Phi) is 5.63. The Morgan fingerprint density at radius 2 is 1.19 bits per heavy atom. The lowest BCUT2D eigenvalue weighted by Gasteiger charge is -2.43. The maximum atomic E-state index is 3.71. The summed E-state index contributed by atoms with van der Waals surface area (Å²) in [6.07, 6.45) is 0. The maximum absolute atomic E-state index is 3.71. The van der Waals surface area contributed by atoms with Gasteiger partial charge in [-0.15, -0.1) is 0 Å². The van der Waals surface area contributed by atoms with Crippen LogP contribution in [0.1, 0.15) is 25.0 Å². The van der Waals surface area contributed by atoms with Crippen LogP contribution in [0.4, 0.5) is 17.1 Å². The van der Waals surface area contributed by atoms with Gasteiger partial charge in [-0.3, -0.25) is 0 Å². The van der Waals surface area contributed by atoms with Crippen molar-refractivity contribution in [3.8, 4) is 16.8 Å². The normalized spacial score (nSPS) is 13.8. The molecular formula is C45H33N3. The molecule has 0 radical (unpaired) electrons. The first kappa shape index (κ1) is 27.1. The van der Waals surface area contributed by atoms with E-state index >= 15 is 0 Å². The minimum atomic E-state index is -0.289. The first-order valence-electron chi connectivity index (χ1n) is 16.7. The molecule has 10 rings (SSSR count). The van der Waals surface area contributed by atoms with E-state index in [9.17, 15) is 0 Å². The molecule has 0 aliphatic carbocycles. The summed E-state index contributed by atoms with van der Waals surface area (Å²) < 4.78 is 2.46. The number of benzene rings is 7. The van der Waals surface area contributed by atoms with E-state index < -0.39 is 0 Å². The van der Waals surface area contributed by atoms with Crippen molar-refractivity contribution < 1.29 is 0 Å². The standard InChI is InChI=1S/C45H33N3/c1-45(2)35-24-25-37-41(33-20-9-11-22-36(33)46-37)44(35)48(31-17-7-4-8-18-31)40-27-26-39-42(43(40)45)34-21-10-12-23-38(34)47(39)32-19-13-16-30(28-32)29-14-5-3-6-15-29/h3-28,46H,1-2H3. The SMILES string of the molecule is CC1(C)c2ccc3[nH]c4ccccc4c3c2N(c2ccccc2)c2ccc3c(c21)c1ccccc1n3-c1cccc(-c2ccccc2)c1. The quantitative estimate of drug-likeness (QED) is 0.210. The monoisotopic (exact) mass is 615 g/mol. The summed E-state index contributed by atoms with van der Waals surface area (Å²) >= 11 is 0. The molecule has 48 heavy (non-hydrogen) atoms. The van der Waals surface area contributed by atoms with Gasteiger partial charge in [0.05, 0.1) is 22.4 Å². The van der Waals surface area contributed by atoms with Gasteiger partial charge >= 0.3 is 0 Å². The van der Waals surface area contributed by atoms with Gasteiger partial charge in [0.2, 0.25) is 0 Å². The first-order valence-corrected chi connectivity index (χ1v) is 16.7. The van der Waals surface area contributed by atoms with Crippen molar-refractivity contribution in [1.82, 2.24) is 9.55 Å². The van der Waals surface area contributed by atoms with Crippen LogP contribution >= 0.6 is 0 Å². The summed E-state index contributed by atoms with van der Waals surface area (Å²) in [6.45, 7) is 4.82. The van der Waals surface area contributed by atoms with Gasteiger partial charge in [0.15, 0.2) is 0 Å². The molecule has 228 valence electrons. The van der Waals surface area contributed by atoms with E-state index in [-0.39, 0.29) is 5.41 Å². The third-order valence-electron chi connectivity index (χ3n) is 10.4. The average molecular weight is 616 g/mol. The molecule has 3 heteroatoms. The van der Waals surface area contributed by atoms with Crippen LogP contribution in [0.25, 0.3) is 60.4 Å². The highest BCUT2D eigenvalue weighted by Crippen LogP contribution is 2.57. The fourth-order valence-corrected chi connectivity index (χ4v) is 8.36. The Hall–Kier alpha value is -6.06. The highest BCUT2D eigenvalue weighted by molar-refractivity contribution is 6.19. The van der Waals surface area contributed by atoms with Crippen molar-refractivity contribution >= 4 is 60.7 Å². The van der Waals surface area contributed by atoms with Crippen LogP contribution < -0.4 is 4.90 Å². The summed E-state index contributed by atoms with van der Waals surface area (Å²) in [5, 5.41) is 5.10. The minimum Gasteiger partial charge on any atom is -0.354 e. The minimum absolute atomic E-state index is 0.289. The Balaban J connectivity index is 1.32. The van der Waals surface area contributed by atoms with Crippen molar-refractivity contribution in [2.75, 3.05) is 4.90 Å². The molecule has 0 amide bonds. The van der Waals surface area contributed by atoms with Crippen LogP contribution in [-0.2, 0) is 5.41 Å². The Morgan fingerprint density at radius 3 is 2.02 bits per heavy atom. The van der Waals surface area contributed by atoms with E-state index in [1.807, 2.05) is 0 Å². The molecule has 0 atom stereocenters. The van der Waals surface area contributed by atoms with Gasteiger partial charge in [-0.2, -0.15) is 0 Å². The number of H-pyrrole nitrogens is 1. The van der Waals surface area contributed by atoms with E-state index in [1.165, 1.54) is 66.2 Å². The van der Waals surface area contributed by atoms with E-state index in [2.05, 4.69) is 186 Å². The third kappa shape index (κ3) is 3.70. The van der Waals surface area contributed by atoms with E-state index in [0.717, 1.165) is 22.4 Å². The predicted octanol–water partition coefficient (Wildman–Crippen LogP) is 12.2. The number of nitrogens with one attached hydrogen (secondary N) is 1. The smallest absolute Gasteiger partial charge is 0.0602 e. The van der Waals surface area contributed by atoms with E-state index in [4.69, 9.17) is 0 Å². The highest BCUT2D eigenvalue weighted by Gasteiger charge is 2.40. The molecule has 1 aliphatic heterocycles. The van der Waals surface area contributed by atoms with Crippen molar-refractivity contribution in [2.45, 2.75) is 19.3 Å². The van der Waals surface area contributed by atoms with Gasteiger partial charge in [0.25, 0.3) is 0 Å². The van der Waals surface area contributed by atoms with Gasteiger partial charge in [0.1, 0.15) is 0 Å². The average Bonchev–Trinajstić information content (AvgIpc) is 3.68. The first-order chi connectivity index (χ1) is 23.6. The molecule has 1 aliphatic rings. The summed E-state index contributed by atoms with van der Waals surface area (Å²) in [6, 6.07) is 57.4. The molecule has 1 N–H and O–H groups in total. The van der Waals surface area contributed by atoms with Gasteiger partial charge in [-0.25, -0.2) is 0 Å². The van der Waals surface area contributed by atoms with Crippen LogP contribution in [0.2, 0.25) is 0 Å². The molecular weight excluding hydrogens is 583 g/mol. The van der Waals surface area contributed by atoms with Crippen LogP contribution in [-0.4, -0.2) is 9.55 Å². The molecule has 0 fully saturated rings. The molecule has 0 saturated heterocycles. The topological polar surface area (TPSA) is 24.0 Å². The summed E-state index contributed by atoms with van der Waals surface area (Å²) in [7, 11) is 0. The molecule has 9 aromatic rings. The van der Waals surface area contributed by atoms with Crippen molar-refractivity contribution in [3.05, 3.63) is 169 Å². The van der Waals surface area contributed by atoms with Crippen molar-refractivity contribution in [3.63, 3.8) is 0 Å². The number of rotatable bonds is 3. The van der Waals surface area contributed by atoms with Crippen molar-refractivity contribution in [1.29, 1.82) is 0 Å². The second kappa shape index (κ2) is 9.97. The number of para-hydroxylation sites is 3. The molecule has 3 heterocycles. The number of hydrogen-bond donors (Lipinski definition) is 1. The fraction of sp³-hybridized carbons (Fsp3) is 0.0667.